The van der Waals surface area contributed by atoms with Gasteiger partial charge in [0.05, 0.1) is 47.9 Å². The number of aromatic nitrogens is 1. The van der Waals surface area contributed by atoms with Crippen molar-refractivity contribution in [3.8, 4) is 0 Å². The Morgan fingerprint density at radius 3 is 2.75 bits per heavy atom. The Balaban J connectivity index is 1.70. The van der Waals surface area contributed by atoms with E-state index < -0.39 is 17.6 Å². The monoisotopic (exact) mass is 397 g/mol. The molecule has 9 heteroatoms. The van der Waals surface area contributed by atoms with E-state index in [-0.39, 0.29) is 24.1 Å². The van der Waals surface area contributed by atoms with Gasteiger partial charge in [0.1, 0.15) is 5.82 Å². The van der Waals surface area contributed by atoms with Crippen LogP contribution < -0.4 is 10.6 Å². The van der Waals surface area contributed by atoms with Crippen molar-refractivity contribution in [3.63, 3.8) is 0 Å². The van der Waals surface area contributed by atoms with Crippen LogP contribution in [-0.2, 0) is 22.3 Å². The maximum Gasteiger partial charge on any atom is 0.418 e. The molecule has 0 spiro atoms. The number of nitrogens with one attached hydrogen (secondary N) is 2. The van der Waals surface area contributed by atoms with Crippen molar-refractivity contribution in [3.05, 3.63) is 53.1 Å². The molecule has 1 atom stereocenters. The quantitative estimate of drug-likeness (QED) is 0.751. The highest BCUT2D eigenvalue weighted by atomic mass is 19.4. The van der Waals surface area contributed by atoms with E-state index in [4.69, 9.17) is 4.74 Å². The third-order valence-electron chi connectivity index (χ3n) is 4.48. The summed E-state index contributed by atoms with van der Waals surface area (Å²) in [5, 5.41) is 5.42. The molecule has 2 heterocycles. The maximum absolute atomic E-state index is 13.2. The first-order valence-electron chi connectivity index (χ1n) is 8.69. The highest BCUT2D eigenvalue weighted by Gasteiger charge is 2.34. The Bertz CT molecular complexity index is 865. The minimum atomic E-state index is -4.69. The Kier molecular flexibility index (Phi) is 5.83. The zero-order valence-corrected chi connectivity index (χ0v) is 15.1. The van der Waals surface area contributed by atoms with Crippen LogP contribution in [0.1, 0.15) is 23.2 Å². The van der Waals surface area contributed by atoms with Gasteiger partial charge < -0.3 is 15.4 Å². The molecule has 1 fully saturated rings. The summed E-state index contributed by atoms with van der Waals surface area (Å²) in [4.78, 5) is 16.2. The SMILES string of the molecule is Cc1cc(Nc2ccc(F)cc2C(F)(F)F)cnc1CNC(=O)[C@@H]1CCOC1. The number of nitrogens with zero attached hydrogens (tertiary/aromatic N) is 1. The number of hydrogen-bond donors (Lipinski definition) is 2. The third-order valence-corrected chi connectivity index (χ3v) is 4.48. The van der Waals surface area contributed by atoms with E-state index in [1.165, 1.54) is 6.20 Å². The average Bonchev–Trinajstić information content (AvgIpc) is 3.16. The van der Waals surface area contributed by atoms with E-state index in [1.807, 2.05) is 0 Å². The van der Waals surface area contributed by atoms with Crippen LogP contribution in [0, 0.1) is 18.7 Å². The van der Waals surface area contributed by atoms with Crippen LogP contribution >= 0.6 is 0 Å². The van der Waals surface area contributed by atoms with Crippen molar-refractivity contribution in [2.24, 2.45) is 5.92 Å². The fraction of sp³-hybridized carbons (Fsp3) is 0.368. The summed E-state index contributed by atoms with van der Waals surface area (Å²) < 4.78 is 57.7. The predicted molar refractivity (Wildman–Crippen MR) is 94.4 cm³/mol. The number of carbonyl (C=O) groups excluding carboxylic acids is 1. The van der Waals surface area contributed by atoms with Crippen LogP contribution in [0.5, 0.6) is 0 Å². The van der Waals surface area contributed by atoms with Crippen molar-refractivity contribution < 1.29 is 27.1 Å². The van der Waals surface area contributed by atoms with Gasteiger partial charge in [-0.3, -0.25) is 9.78 Å². The van der Waals surface area contributed by atoms with E-state index in [9.17, 15) is 22.4 Å². The van der Waals surface area contributed by atoms with Gasteiger partial charge >= 0.3 is 6.18 Å². The van der Waals surface area contributed by atoms with Gasteiger partial charge in [-0.05, 0) is 43.2 Å². The Morgan fingerprint density at radius 1 is 1.32 bits per heavy atom. The lowest BCUT2D eigenvalue weighted by Gasteiger charge is -2.16. The van der Waals surface area contributed by atoms with Crippen molar-refractivity contribution in [1.82, 2.24) is 10.3 Å². The number of rotatable bonds is 5. The van der Waals surface area contributed by atoms with E-state index in [1.54, 1.807) is 13.0 Å². The zero-order valence-electron chi connectivity index (χ0n) is 15.1. The molecule has 1 saturated heterocycles. The second-order valence-corrected chi connectivity index (χ2v) is 6.58. The predicted octanol–water partition coefficient (Wildman–Crippen LogP) is 3.94. The van der Waals surface area contributed by atoms with Crippen LogP contribution in [0.4, 0.5) is 28.9 Å². The molecule has 2 aromatic rings. The molecule has 150 valence electrons. The number of benzene rings is 1. The molecule has 0 bridgehead atoms. The molecule has 5 nitrogen and oxygen atoms in total. The van der Waals surface area contributed by atoms with Crippen LogP contribution in [0.15, 0.2) is 30.5 Å². The van der Waals surface area contributed by atoms with Gasteiger partial charge in [0, 0.05) is 6.61 Å². The van der Waals surface area contributed by atoms with Crippen molar-refractivity contribution in [1.29, 1.82) is 0 Å². The van der Waals surface area contributed by atoms with Crippen LogP contribution in [0.3, 0.4) is 0 Å². The Morgan fingerprint density at radius 2 is 2.11 bits per heavy atom. The van der Waals surface area contributed by atoms with E-state index in [0.717, 1.165) is 12.1 Å². The summed E-state index contributed by atoms with van der Waals surface area (Å²) in [7, 11) is 0. The first kappa shape index (κ1) is 20.1. The summed E-state index contributed by atoms with van der Waals surface area (Å²) in [6.07, 6.45) is -2.64. The zero-order chi connectivity index (χ0) is 20.3. The number of alkyl halides is 3. The molecule has 1 aromatic carbocycles. The van der Waals surface area contributed by atoms with Gasteiger partial charge in [-0.25, -0.2) is 4.39 Å². The minimum Gasteiger partial charge on any atom is -0.381 e. The Hall–Kier alpha value is -2.68. The molecule has 0 aliphatic carbocycles. The van der Waals surface area contributed by atoms with Gasteiger partial charge in [0.2, 0.25) is 5.91 Å². The second-order valence-electron chi connectivity index (χ2n) is 6.58. The third kappa shape index (κ3) is 4.78. The molecule has 0 radical (unpaired) electrons. The number of anilines is 2. The molecular weight excluding hydrogens is 378 g/mol. The summed E-state index contributed by atoms with van der Waals surface area (Å²) >= 11 is 0. The highest BCUT2D eigenvalue weighted by molar-refractivity contribution is 5.79. The summed E-state index contributed by atoms with van der Waals surface area (Å²) in [6, 6.07) is 4.05. The normalized spacial score (nSPS) is 16.8. The molecule has 3 rings (SSSR count). The molecule has 0 saturated carbocycles. The first-order chi connectivity index (χ1) is 13.2. The molecule has 1 amide bonds. The summed E-state index contributed by atoms with van der Waals surface area (Å²) in [6.45, 7) is 2.93. The number of halogens is 4. The van der Waals surface area contributed by atoms with Gasteiger partial charge in [0.15, 0.2) is 0 Å². The van der Waals surface area contributed by atoms with E-state index in [2.05, 4.69) is 15.6 Å². The fourth-order valence-corrected chi connectivity index (χ4v) is 2.93. The maximum atomic E-state index is 13.2. The van der Waals surface area contributed by atoms with Gasteiger partial charge in [-0.15, -0.1) is 0 Å². The van der Waals surface area contributed by atoms with Crippen LogP contribution in [0.25, 0.3) is 0 Å². The Labute approximate surface area is 159 Å². The molecule has 2 N–H and O–H groups in total. The molecule has 0 unspecified atom stereocenters. The van der Waals surface area contributed by atoms with Crippen molar-refractivity contribution in [2.75, 3.05) is 18.5 Å². The van der Waals surface area contributed by atoms with E-state index >= 15 is 0 Å². The number of amides is 1. The lowest BCUT2D eigenvalue weighted by atomic mass is 10.1. The second kappa shape index (κ2) is 8.14. The molecule has 1 aliphatic heterocycles. The van der Waals surface area contributed by atoms with Crippen LogP contribution in [-0.4, -0.2) is 24.1 Å². The minimum absolute atomic E-state index is 0.109. The number of ether oxygens (including phenoxy) is 1. The molecule has 1 aromatic heterocycles. The van der Waals surface area contributed by atoms with Gasteiger partial charge in [-0.2, -0.15) is 13.2 Å². The van der Waals surface area contributed by atoms with E-state index in [0.29, 0.717) is 42.6 Å². The smallest absolute Gasteiger partial charge is 0.381 e. The summed E-state index contributed by atoms with van der Waals surface area (Å²) in [5.74, 6) is -1.24. The van der Waals surface area contributed by atoms with Crippen molar-refractivity contribution in [2.45, 2.75) is 26.1 Å². The average molecular weight is 397 g/mol. The number of hydrogen-bond acceptors (Lipinski definition) is 4. The highest BCUT2D eigenvalue weighted by Crippen LogP contribution is 2.36. The number of pyridine rings is 1. The number of aryl methyl sites for hydroxylation is 1. The lowest BCUT2D eigenvalue weighted by molar-refractivity contribution is -0.137. The summed E-state index contributed by atoms with van der Waals surface area (Å²) in [5.41, 5.74) is 0.267. The lowest BCUT2D eigenvalue weighted by Crippen LogP contribution is -2.31. The topological polar surface area (TPSA) is 63.2 Å². The van der Waals surface area contributed by atoms with Crippen molar-refractivity contribution >= 4 is 17.3 Å². The standard InChI is InChI=1S/C19H19F4N3O2/c1-11-6-14(26-16-3-2-13(20)7-15(16)19(21,22)23)8-24-17(11)9-25-18(27)12-4-5-28-10-12/h2-3,6-8,12,26H,4-5,9-10H2,1H3,(H,25,27)/t12-/m1/s1. The molecule has 28 heavy (non-hydrogen) atoms. The van der Waals surface area contributed by atoms with Gasteiger partial charge in [0.25, 0.3) is 0 Å². The fourth-order valence-electron chi connectivity index (χ4n) is 2.93. The van der Waals surface area contributed by atoms with Crippen LogP contribution in [0.2, 0.25) is 0 Å². The number of carbonyl (C=O) groups is 1. The molecule has 1 aliphatic rings. The van der Waals surface area contributed by atoms with Gasteiger partial charge in [-0.1, -0.05) is 0 Å². The first-order valence-corrected chi connectivity index (χ1v) is 8.69. The largest absolute Gasteiger partial charge is 0.418 e. The molecular formula is C19H19F4N3O2.